The van der Waals surface area contributed by atoms with Gasteiger partial charge in [0.2, 0.25) is 0 Å². The summed E-state index contributed by atoms with van der Waals surface area (Å²) in [5.74, 6) is -1.34. The SMILES string of the molecule is C[C@H](OC(=O)C[C@@H](NC(N)=O)c1ccccc1Cl)C(=O)Nc1ccccc1C#N. The predicted molar refractivity (Wildman–Crippen MR) is 107 cm³/mol. The zero-order valence-corrected chi connectivity index (χ0v) is 16.3. The first-order chi connectivity index (χ1) is 13.8. The van der Waals surface area contributed by atoms with Crippen LogP contribution in [0.2, 0.25) is 5.02 Å². The number of carbonyl (C=O) groups is 3. The molecule has 0 fully saturated rings. The number of carbonyl (C=O) groups excluding carboxylic acids is 3. The van der Waals surface area contributed by atoms with Gasteiger partial charge in [-0.15, -0.1) is 0 Å². The average Bonchev–Trinajstić information content (AvgIpc) is 2.67. The number of para-hydroxylation sites is 1. The molecule has 2 atom stereocenters. The summed E-state index contributed by atoms with van der Waals surface area (Å²) in [6.45, 7) is 1.40. The molecule has 29 heavy (non-hydrogen) atoms. The van der Waals surface area contributed by atoms with E-state index in [1.807, 2.05) is 6.07 Å². The van der Waals surface area contributed by atoms with E-state index in [2.05, 4.69) is 10.6 Å². The molecular weight excluding hydrogens is 396 g/mol. The average molecular weight is 415 g/mol. The van der Waals surface area contributed by atoms with Crippen LogP contribution in [0.5, 0.6) is 0 Å². The molecule has 0 heterocycles. The number of halogens is 1. The highest BCUT2D eigenvalue weighted by molar-refractivity contribution is 6.31. The van der Waals surface area contributed by atoms with E-state index in [9.17, 15) is 14.4 Å². The number of benzene rings is 2. The van der Waals surface area contributed by atoms with Gasteiger partial charge in [-0.3, -0.25) is 9.59 Å². The minimum atomic E-state index is -1.13. The molecular formula is C20H19ClN4O4. The Morgan fingerprint density at radius 2 is 1.83 bits per heavy atom. The maximum absolute atomic E-state index is 12.3. The van der Waals surface area contributed by atoms with Gasteiger partial charge in [0.1, 0.15) is 6.07 Å². The Kier molecular flexibility index (Phi) is 7.57. The summed E-state index contributed by atoms with van der Waals surface area (Å²) in [4.78, 5) is 35.9. The van der Waals surface area contributed by atoms with E-state index in [0.717, 1.165) is 0 Å². The van der Waals surface area contributed by atoms with Crippen molar-refractivity contribution in [2.24, 2.45) is 5.73 Å². The Hall–Kier alpha value is -3.57. The lowest BCUT2D eigenvalue weighted by Gasteiger charge is -2.20. The van der Waals surface area contributed by atoms with Crippen LogP contribution >= 0.6 is 11.6 Å². The molecule has 2 aromatic rings. The summed E-state index contributed by atoms with van der Waals surface area (Å²) in [5, 5.41) is 14.4. The molecule has 0 radical (unpaired) electrons. The van der Waals surface area contributed by atoms with Gasteiger partial charge in [0.15, 0.2) is 6.10 Å². The van der Waals surface area contributed by atoms with Crippen LogP contribution in [-0.2, 0) is 14.3 Å². The van der Waals surface area contributed by atoms with Crippen molar-refractivity contribution in [1.82, 2.24) is 5.32 Å². The van der Waals surface area contributed by atoms with Crippen LogP contribution in [-0.4, -0.2) is 24.0 Å². The van der Waals surface area contributed by atoms with Crippen LogP contribution in [0, 0.1) is 11.3 Å². The second kappa shape index (κ2) is 10.1. The Labute approximate surface area is 172 Å². The van der Waals surface area contributed by atoms with Crippen LogP contribution in [0.1, 0.15) is 30.5 Å². The van der Waals surface area contributed by atoms with Crippen molar-refractivity contribution in [3.8, 4) is 6.07 Å². The summed E-state index contributed by atoms with van der Waals surface area (Å²) >= 11 is 6.13. The molecule has 3 amide bonds. The number of urea groups is 1. The second-order valence-corrected chi connectivity index (χ2v) is 6.47. The molecule has 0 spiro atoms. The molecule has 8 nitrogen and oxygen atoms in total. The van der Waals surface area contributed by atoms with Gasteiger partial charge < -0.3 is 21.1 Å². The van der Waals surface area contributed by atoms with Crippen molar-refractivity contribution in [2.75, 3.05) is 5.32 Å². The molecule has 9 heteroatoms. The van der Waals surface area contributed by atoms with Crippen molar-refractivity contribution < 1.29 is 19.1 Å². The Bertz CT molecular complexity index is 957. The third-order valence-corrected chi connectivity index (χ3v) is 4.29. The Balaban J connectivity index is 2.03. The van der Waals surface area contributed by atoms with Gasteiger partial charge in [-0.05, 0) is 30.7 Å². The maximum atomic E-state index is 12.3. The number of primary amides is 1. The second-order valence-electron chi connectivity index (χ2n) is 6.07. The number of hydrogen-bond acceptors (Lipinski definition) is 5. The molecule has 0 aromatic heterocycles. The van der Waals surface area contributed by atoms with E-state index >= 15 is 0 Å². The van der Waals surface area contributed by atoms with E-state index in [-0.39, 0.29) is 12.0 Å². The number of nitrogens with two attached hydrogens (primary N) is 1. The summed E-state index contributed by atoms with van der Waals surface area (Å²) in [6, 6.07) is 13.4. The highest BCUT2D eigenvalue weighted by Crippen LogP contribution is 2.25. The van der Waals surface area contributed by atoms with Crippen molar-refractivity contribution in [2.45, 2.75) is 25.5 Å². The first kappa shape index (κ1) is 21.7. The summed E-state index contributed by atoms with van der Waals surface area (Å²) < 4.78 is 5.16. The fourth-order valence-electron chi connectivity index (χ4n) is 2.56. The molecule has 4 N–H and O–H groups in total. The minimum Gasteiger partial charge on any atom is -0.452 e. The van der Waals surface area contributed by atoms with Crippen LogP contribution in [0.25, 0.3) is 0 Å². The van der Waals surface area contributed by atoms with Gasteiger partial charge in [-0.2, -0.15) is 5.26 Å². The molecule has 0 unspecified atom stereocenters. The Morgan fingerprint density at radius 1 is 1.17 bits per heavy atom. The highest BCUT2D eigenvalue weighted by Gasteiger charge is 2.24. The zero-order valence-electron chi connectivity index (χ0n) is 15.5. The smallest absolute Gasteiger partial charge is 0.312 e. The largest absolute Gasteiger partial charge is 0.452 e. The standard InChI is InChI=1S/C20H19ClN4O4/c1-12(19(27)24-16-9-5-2-6-13(16)11-22)29-18(26)10-17(25-20(23)28)14-7-3-4-8-15(14)21/h2-9,12,17H,10H2,1H3,(H,24,27)(H3,23,25,28)/t12-,17+/m0/s1. The quantitative estimate of drug-likeness (QED) is 0.599. The number of nitrogens with zero attached hydrogens (tertiary/aromatic N) is 1. The van der Waals surface area contributed by atoms with Crippen LogP contribution < -0.4 is 16.4 Å². The van der Waals surface area contributed by atoms with Gasteiger partial charge in [-0.1, -0.05) is 41.9 Å². The van der Waals surface area contributed by atoms with Crippen molar-refractivity contribution in [3.63, 3.8) is 0 Å². The molecule has 2 aromatic carbocycles. The lowest BCUT2D eigenvalue weighted by Crippen LogP contribution is -2.36. The third-order valence-electron chi connectivity index (χ3n) is 3.95. The van der Waals surface area contributed by atoms with Crippen LogP contribution in [0.3, 0.4) is 0 Å². The number of nitriles is 1. The van der Waals surface area contributed by atoms with E-state index in [1.165, 1.54) is 6.92 Å². The van der Waals surface area contributed by atoms with E-state index in [1.54, 1.807) is 48.5 Å². The number of nitrogens with one attached hydrogen (secondary N) is 2. The molecule has 0 aliphatic carbocycles. The first-order valence-electron chi connectivity index (χ1n) is 8.61. The maximum Gasteiger partial charge on any atom is 0.312 e. The summed E-state index contributed by atoms with van der Waals surface area (Å²) in [5.41, 5.74) is 6.27. The molecule has 0 bridgehead atoms. The zero-order chi connectivity index (χ0) is 21.4. The molecule has 0 aliphatic rings. The van der Waals surface area contributed by atoms with Gasteiger partial charge >= 0.3 is 12.0 Å². The predicted octanol–water partition coefficient (Wildman–Crippen LogP) is 2.88. The van der Waals surface area contributed by atoms with E-state index in [4.69, 9.17) is 27.3 Å². The Morgan fingerprint density at radius 3 is 2.48 bits per heavy atom. The van der Waals surface area contributed by atoms with Gasteiger partial charge in [0, 0.05) is 5.02 Å². The molecule has 2 rings (SSSR count). The van der Waals surface area contributed by atoms with Gasteiger partial charge in [0.05, 0.1) is 23.7 Å². The van der Waals surface area contributed by atoms with Crippen LogP contribution in [0.15, 0.2) is 48.5 Å². The minimum absolute atomic E-state index is 0.279. The van der Waals surface area contributed by atoms with Gasteiger partial charge in [0.25, 0.3) is 5.91 Å². The number of anilines is 1. The van der Waals surface area contributed by atoms with Crippen molar-refractivity contribution in [3.05, 3.63) is 64.7 Å². The van der Waals surface area contributed by atoms with E-state index in [0.29, 0.717) is 16.3 Å². The van der Waals surface area contributed by atoms with E-state index < -0.39 is 30.1 Å². The summed E-state index contributed by atoms with van der Waals surface area (Å²) in [7, 11) is 0. The third kappa shape index (κ3) is 6.23. The van der Waals surface area contributed by atoms with Crippen molar-refractivity contribution >= 4 is 35.2 Å². The monoisotopic (exact) mass is 414 g/mol. The molecule has 150 valence electrons. The molecule has 0 saturated carbocycles. The van der Waals surface area contributed by atoms with Crippen molar-refractivity contribution in [1.29, 1.82) is 5.26 Å². The number of rotatable bonds is 7. The number of amides is 3. The molecule has 0 saturated heterocycles. The fourth-order valence-corrected chi connectivity index (χ4v) is 2.83. The van der Waals surface area contributed by atoms with Crippen LogP contribution in [0.4, 0.5) is 10.5 Å². The number of ether oxygens (including phenoxy) is 1. The highest BCUT2D eigenvalue weighted by atomic mass is 35.5. The fraction of sp³-hybridized carbons (Fsp3) is 0.200. The lowest BCUT2D eigenvalue weighted by molar-refractivity contribution is -0.153. The number of esters is 1. The van der Waals surface area contributed by atoms with Gasteiger partial charge in [-0.25, -0.2) is 4.79 Å². The first-order valence-corrected chi connectivity index (χ1v) is 8.99. The molecule has 0 aliphatic heterocycles. The topological polar surface area (TPSA) is 134 Å². The lowest BCUT2D eigenvalue weighted by atomic mass is 10.0. The summed E-state index contributed by atoms with van der Waals surface area (Å²) in [6.07, 6.45) is -1.41. The number of hydrogen-bond donors (Lipinski definition) is 3. The normalized spacial score (nSPS) is 12.2.